The smallest absolute Gasteiger partial charge is 0.142 e. The lowest BCUT2D eigenvalue weighted by atomic mass is 9.98. The summed E-state index contributed by atoms with van der Waals surface area (Å²) in [7, 11) is 0. The van der Waals surface area contributed by atoms with Crippen LogP contribution in [-0.4, -0.2) is 10.8 Å². The van der Waals surface area contributed by atoms with E-state index in [2.05, 4.69) is 29.2 Å². The molecule has 0 atom stereocenters. The average Bonchev–Trinajstić information content (AvgIpc) is 2.95. The number of ketones is 1. The quantitative estimate of drug-likeness (QED) is 0.846. The molecule has 1 aliphatic carbocycles. The molecule has 18 heavy (non-hydrogen) atoms. The van der Waals surface area contributed by atoms with Gasteiger partial charge in [0.25, 0.3) is 0 Å². The first-order valence-corrected chi connectivity index (χ1v) is 7.11. The van der Waals surface area contributed by atoms with Gasteiger partial charge >= 0.3 is 0 Å². The highest BCUT2D eigenvalue weighted by molar-refractivity contribution is 7.09. The van der Waals surface area contributed by atoms with Crippen molar-refractivity contribution in [3.63, 3.8) is 0 Å². The van der Waals surface area contributed by atoms with Gasteiger partial charge in [0, 0.05) is 17.7 Å². The van der Waals surface area contributed by atoms with Gasteiger partial charge in [-0.25, -0.2) is 4.98 Å². The van der Waals surface area contributed by atoms with Crippen LogP contribution in [0.3, 0.4) is 0 Å². The Bertz CT molecular complexity index is 563. The van der Waals surface area contributed by atoms with Crippen LogP contribution in [0.25, 0.3) is 0 Å². The molecule has 3 rings (SSSR count). The Morgan fingerprint density at radius 3 is 2.56 bits per heavy atom. The van der Waals surface area contributed by atoms with E-state index in [0.29, 0.717) is 12.2 Å². The van der Waals surface area contributed by atoms with Crippen molar-refractivity contribution in [1.29, 1.82) is 0 Å². The first-order chi connectivity index (χ1) is 8.72. The van der Waals surface area contributed by atoms with Gasteiger partial charge in [-0.1, -0.05) is 24.3 Å². The van der Waals surface area contributed by atoms with E-state index in [1.807, 2.05) is 12.3 Å². The third kappa shape index (κ3) is 2.23. The summed E-state index contributed by atoms with van der Waals surface area (Å²) in [4.78, 5) is 16.6. The Labute approximate surface area is 111 Å². The number of benzene rings is 1. The van der Waals surface area contributed by atoms with Gasteiger partial charge < -0.3 is 0 Å². The second kappa shape index (κ2) is 4.65. The van der Waals surface area contributed by atoms with Crippen molar-refractivity contribution in [1.82, 2.24) is 4.98 Å². The summed E-state index contributed by atoms with van der Waals surface area (Å²) in [6.45, 7) is 1.98. The fourth-order valence-electron chi connectivity index (χ4n) is 2.60. The largest absolute Gasteiger partial charge is 0.299 e. The molecule has 0 saturated heterocycles. The first-order valence-electron chi connectivity index (χ1n) is 6.23. The summed E-state index contributed by atoms with van der Waals surface area (Å²) in [5, 5.41) is 3.03. The van der Waals surface area contributed by atoms with E-state index < -0.39 is 0 Å². The molecule has 0 unspecified atom stereocenters. The summed E-state index contributed by atoms with van der Waals surface area (Å²) in [5.41, 5.74) is 3.61. The van der Waals surface area contributed by atoms with Gasteiger partial charge in [0.15, 0.2) is 0 Å². The number of rotatable bonds is 3. The van der Waals surface area contributed by atoms with Crippen LogP contribution < -0.4 is 0 Å². The maximum absolute atomic E-state index is 12.3. The van der Waals surface area contributed by atoms with Crippen molar-refractivity contribution in [3.8, 4) is 0 Å². The summed E-state index contributed by atoms with van der Waals surface area (Å²) in [5.74, 6) is 0.487. The van der Waals surface area contributed by atoms with Gasteiger partial charge in [-0.15, -0.1) is 11.3 Å². The second-order valence-electron chi connectivity index (χ2n) is 4.87. The molecule has 2 nitrogen and oxygen atoms in total. The topological polar surface area (TPSA) is 30.0 Å². The Hall–Kier alpha value is -1.48. The van der Waals surface area contributed by atoms with E-state index in [0.717, 1.165) is 23.5 Å². The summed E-state index contributed by atoms with van der Waals surface area (Å²) >= 11 is 1.61. The summed E-state index contributed by atoms with van der Waals surface area (Å²) < 4.78 is 0. The molecule has 0 radical (unpaired) electrons. The number of Topliss-reactive ketones (excluding diaryl/α,β-unsaturated/α-hetero) is 1. The van der Waals surface area contributed by atoms with E-state index in [9.17, 15) is 4.79 Å². The number of aryl methyl sites for hydroxylation is 1. The lowest BCUT2D eigenvalue weighted by Crippen LogP contribution is -2.17. The molecule has 1 aromatic carbocycles. The molecule has 0 fully saturated rings. The lowest BCUT2D eigenvalue weighted by Gasteiger charge is -2.05. The van der Waals surface area contributed by atoms with E-state index in [-0.39, 0.29) is 5.92 Å². The zero-order valence-electron chi connectivity index (χ0n) is 10.3. The van der Waals surface area contributed by atoms with Crippen LogP contribution in [0.4, 0.5) is 0 Å². The highest BCUT2D eigenvalue weighted by Crippen LogP contribution is 2.27. The molecular formula is C15H15NOS. The Kier molecular flexibility index (Phi) is 3.00. The van der Waals surface area contributed by atoms with Gasteiger partial charge in [0.1, 0.15) is 5.78 Å². The van der Waals surface area contributed by atoms with Gasteiger partial charge in [0.05, 0.1) is 10.7 Å². The van der Waals surface area contributed by atoms with Crippen molar-refractivity contribution >= 4 is 17.1 Å². The molecule has 3 heteroatoms. The van der Waals surface area contributed by atoms with Gasteiger partial charge in [0.2, 0.25) is 0 Å². The van der Waals surface area contributed by atoms with Crippen LogP contribution in [-0.2, 0) is 24.1 Å². The Morgan fingerprint density at radius 2 is 2.00 bits per heavy atom. The van der Waals surface area contributed by atoms with Crippen LogP contribution in [0, 0.1) is 12.8 Å². The number of carbonyl (C=O) groups is 1. The monoisotopic (exact) mass is 257 g/mol. The lowest BCUT2D eigenvalue weighted by molar-refractivity contribution is -0.121. The molecule has 0 spiro atoms. The third-order valence-corrected chi connectivity index (χ3v) is 4.35. The van der Waals surface area contributed by atoms with Crippen molar-refractivity contribution < 1.29 is 4.79 Å². The van der Waals surface area contributed by atoms with Gasteiger partial charge in [-0.2, -0.15) is 0 Å². The number of thiazole rings is 1. The number of fused-ring (bicyclic) bond motifs is 1. The maximum atomic E-state index is 12.3. The van der Waals surface area contributed by atoms with E-state index in [1.54, 1.807) is 11.3 Å². The van der Waals surface area contributed by atoms with E-state index in [4.69, 9.17) is 0 Å². The maximum Gasteiger partial charge on any atom is 0.142 e. The summed E-state index contributed by atoms with van der Waals surface area (Å²) in [6.07, 6.45) is 2.29. The number of aromatic nitrogens is 1. The molecule has 0 amide bonds. The fraction of sp³-hybridized carbons (Fsp3) is 0.333. The highest BCUT2D eigenvalue weighted by Gasteiger charge is 2.27. The van der Waals surface area contributed by atoms with Crippen LogP contribution in [0.2, 0.25) is 0 Å². The average molecular weight is 257 g/mol. The van der Waals surface area contributed by atoms with Gasteiger partial charge in [-0.05, 0) is 30.9 Å². The Balaban J connectivity index is 1.69. The van der Waals surface area contributed by atoms with Crippen molar-refractivity contribution in [2.45, 2.75) is 26.2 Å². The molecule has 0 N–H and O–H groups in total. The standard InChI is InChI=1S/C15H15NOS/c1-10-16-14(9-18-10)8-15(17)13-6-11-4-2-3-5-12(11)7-13/h2-5,9,13H,6-8H2,1H3. The van der Waals surface area contributed by atoms with E-state index >= 15 is 0 Å². The number of hydrogen-bond donors (Lipinski definition) is 0. The molecule has 0 bridgehead atoms. The molecular weight excluding hydrogens is 242 g/mol. The molecule has 2 aromatic rings. The van der Waals surface area contributed by atoms with Crippen LogP contribution in [0.15, 0.2) is 29.6 Å². The predicted octanol–water partition coefficient (Wildman–Crippen LogP) is 2.98. The van der Waals surface area contributed by atoms with Gasteiger partial charge in [-0.3, -0.25) is 4.79 Å². The molecule has 1 aromatic heterocycles. The second-order valence-corrected chi connectivity index (χ2v) is 5.94. The fourth-order valence-corrected chi connectivity index (χ4v) is 3.21. The SMILES string of the molecule is Cc1nc(CC(=O)C2Cc3ccccc3C2)cs1. The minimum atomic E-state index is 0.157. The van der Waals surface area contributed by atoms with Crippen LogP contribution >= 0.6 is 11.3 Å². The highest BCUT2D eigenvalue weighted by atomic mass is 32.1. The summed E-state index contributed by atoms with van der Waals surface area (Å²) in [6, 6.07) is 8.37. The Morgan fingerprint density at radius 1 is 1.33 bits per heavy atom. The molecule has 1 heterocycles. The molecule has 0 aliphatic heterocycles. The number of hydrogen-bond acceptors (Lipinski definition) is 3. The van der Waals surface area contributed by atoms with Crippen molar-refractivity contribution in [2.75, 3.05) is 0 Å². The van der Waals surface area contributed by atoms with Crippen LogP contribution in [0.1, 0.15) is 21.8 Å². The van der Waals surface area contributed by atoms with Crippen molar-refractivity contribution in [2.24, 2.45) is 5.92 Å². The molecule has 1 aliphatic rings. The minimum absolute atomic E-state index is 0.157. The molecule has 0 saturated carbocycles. The van der Waals surface area contributed by atoms with Crippen LogP contribution in [0.5, 0.6) is 0 Å². The normalized spacial score (nSPS) is 14.7. The minimum Gasteiger partial charge on any atom is -0.299 e. The molecule has 92 valence electrons. The third-order valence-electron chi connectivity index (χ3n) is 3.53. The van der Waals surface area contributed by atoms with Crippen molar-refractivity contribution in [3.05, 3.63) is 51.5 Å². The number of nitrogens with zero attached hydrogens (tertiary/aromatic N) is 1. The first kappa shape index (κ1) is 11.6. The number of carbonyl (C=O) groups excluding carboxylic acids is 1. The zero-order chi connectivity index (χ0) is 12.5. The zero-order valence-corrected chi connectivity index (χ0v) is 11.2. The van der Waals surface area contributed by atoms with E-state index in [1.165, 1.54) is 11.1 Å². The predicted molar refractivity (Wildman–Crippen MR) is 72.9 cm³/mol.